The minimum atomic E-state index is -0.0145. The van der Waals surface area contributed by atoms with Gasteiger partial charge in [0.05, 0.1) is 5.69 Å². The molecule has 1 heterocycles. The fourth-order valence-corrected chi connectivity index (χ4v) is 1.11. The zero-order chi connectivity index (χ0) is 9.14. The molecule has 0 aliphatic heterocycles. The molecule has 1 aromatic rings. The molecule has 0 amide bonds. The zero-order valence-electron chi connectivity index (χ0n) is 7.59. The molecule has 0 unspecified atom stereocenters. The molecule has 0 bridgehead atoms. The normalized spacial score (nSPS) is 9.92. The van der Waals surface area contributed by atoms with E-state index >= 15 is 0 Å². The molecular formula is C9H12N2O. The molecule has 0 saturated carbocycles. The van der Waals surface area contributed by atoms with Crippen LogP contribution >= 0.6 is 0 Å². The van der Waals surface area contributed by atoms with Gasteiger partial charge in [-0.05, 0) is 25.0 Å². The Balaban J connectivity index is 3.20. The third-order valence-electron chi connectivity index (χ3n) is 1.71. The first-order valence-electron chi connectivity index (χ1n) is 3.99. The summed E-state index contributed by atoms with van der Waals surface area (Å²) in [5.74, 6) is -0.0145. The summed E-state index contributed by atoms with van der Waals surface area (Å²) in [6.45, 7) is 5.39. The molecule has 1 rings (SSSR count). The van der Waals surface area contributed by atoms with E-state index < -0.39 is 0 Å². The molecule has 1 aromatic heterocycles. The topological polar surface area (TPSA) is 42.9 Å². The SMILES string of the molecule is CCc1cc(C)nnc1C(C)=O. The lowest BCUT2D eigenvalue weighted by Crippen LogP contribution is -2.05. The molecule has 0 aromatic carbocycles. The van der Waals surface area contributed by atoms with Gasteiger partial charge in [0.1, 0.15) is 5.69 Å². The second-order valence-corrected chi connectivity index (χ2v) is 2.77. The predicted molar refractivity (Wildman–Crippen MR) is 46.2 cm³/mol. The zero-order valence-corrected chi connectivity index (χ0v) is 7.59. The Morgan fingerprint density at radius 3 is 2.67 bits per heavy atom. The van der Waals surface area contributed by atoms with Crippen molar-refractivity contribution >= 4 is 5.78 Å². The number of ketones is 1. The molecule has 12 heavy (non-hydrogen) atoms. The fourth-order valence-electron chi connectivity index (χ4n) is 1.11. The van der Waals surface area contributed by atoms with Crippen molar-refractivity contribution in [2.24, 2.45) is 0 Å². The van der Waals surface area contributed by atoms with Crippen LogP contribution in [0, 0.1) is 6.92 Å². The smallest absolute Gasteiger partial charge is 0.180 e. The number of carbonyl (C=O) groups is 1. The average molecular weight is 164 g/mol. The van der Waals surface area contributed by atoms with E-state index in [1.54, 1.807) is 0 Å². The van der Waals surface area contributed by atoms with E-state index in [0.717, 1.165) is 17.7 Å². The van der Waals surface area contributed by atoms with Crippen molar-refractivity contribution in [1.29, 1.82) is 0 Å². The first kappa shape index (κ1) is 8.84. The number of Topliss-reactive ketones (excluding diaryl/α,β-unsaturated/α-hetero) is 1. The molecule has 0 saturated heterocycles. The standard InChI is InChI=1S/C9H12N2O/c1-4-8-5-6(2)10-11-9(8)7(3)12/h5H,4H2,1-3H3. The van der Waals surface area contributed by atoms with E-state index in [-0.39, 0.29) is 5.78 Å². The highest BCUT2D eigenvalue weighted by atomic mass is 16.1. The van der Waals surface area contributed by atoms with Gasteiger partial charge in [-0.2, -0.15) is 5.10 Å². The van der Waals surface area contributed by atoms with Gasteiger partial charge in [0.25, 0.3) is 0 Å². The van der Waals surface area contributed by atoms with Gasteiger partial charge in [-0.1, -0.05) is 6.92 Å². The maximum absolute atomic E-state index is 11.0. The van der Waals surface area contributed by atoms with Gasteiger partial charge in [0, 0.05) is 6.92 Å². The van der Waals surface area contributed by atoms with Crippen LogP contribution in [0.4, 0.5) is 0 Å². The summed E-state index contributed by atoms with van der Waals surface area (Å²) >= 11 is 0. The second kappa shape index (κ2) is 3.43. The van der Waals surface area contributed by atoms with Crippen LogP contribution in [0.25, 0.3) is 0 Å². The van der Waals surface area contributed by atoms with Crippen molar-refractivity contribution in [3.63, 3.8) is 0 Å². The van der Waals surface area contributed by atoms with Crippen molar-refractivity contribution in [1.82, 2.24) is 10.2 Å². The van der Waals surface area contributed by atoms with Crippen LogP contribution in [0.15, 0.2) is 6.07 Å². The maximum atomic E-state index is 11.0. The molecule has 0 N–H and O–H groups in total. The average Bonchev–Trinajstić information content (AvgIpc) is 2.03. The minimum Gasteiger partial charge on any atom is -0.293 e. The van der Waals surface area contributed by atoms with Crippen LogP contribution in [0.3, 0.4) is 0 Å². The molecule has 3 nitrogen and oxygen atoms in total. The van der Waals surface area contributed by atoms with Crippen molar-refractivity contribution in [3.05, 3.63) is 23.0 Å². The minimum absolute atomic E-state index is 0.0145. The molecule has 3 heteroatoms. The highest BCUT2D eigenvalue weighted by Gasteiger charge is 2.07. The maximum Gasteiger partial charge on any atom is 0.180 e. The number of hydrogen-bond acceptors (Lipinski definition) is 3. The number of carbonyl (C=O) groups excluding carboxylic acids is 1. The molecule has 64 valence electrons. The predicted octanol–water partition coefficient (Wildman–Crippen LogP) is 1.55. The van der Waals surface area contributed by atoms with Gasteiger partial charge < -0.3 is 0 Å². The lowest BCUT2D eigenvalue weighted by molar-refractivity contribution is 0.101. The molecule has 0 spiro atoms. The number of hydrogen-bond donors (Lipinski definition) is 0. The Kier molecular flexibility index (Phi) is 2.53. The molecule has 0 fully saturated rings. The van der Waals surface area contributed by atoms with E-state index in [4.69, 9.17) is 0 Å². The van der Waals surface area contributed by atoms with Crippen LogP contribution in [0.5, 0.6) is 0 Å². The van der Waals surface area contributed by atoms with E-state index in [0.29, 0.717) is 5.69 Å². The molecule has 0 atom stereocenters. The fraction of sp³-hybridized carbons (Fsp3) is 0.444. The first-order valence-corrected chi connectivity index (χ1v) is 3.99. The van der Waals surface area contributed by atoms with Crippen molar-refractivity contribution in [3.8, 4) is 0 Å². The quantitative estimate of drug-likeness (QED) is 0.623. The highest BCUT2D eigenvalue weighted by Crippen LogP contribution is 2.07. The van der Waals surface area contributed by atoms with Crippen LogP contribution < -0.4 is 0 Å². The lowest BCUT2D eigenvalue weighted by atomic mass is 10.1. The van der Waals surface area contributed by atoms with Gasteiger partial charge >= 0.3 is 0 Å². The van der Waals surface area contributed by atoms with E-state index in [2.05, 4.69) is 10.2 Å². The summed E-state index contributed by atoms with van der Waals surface area (Å²) < 4.78 is 0. The van der Waals surface area contributed by atoms with Gasteiger partial charge in [-0.15, -0.1) is 5.10 Å². The van der Waals surface area contributed by atoms with Gasteiger partial charge in [-0.3, -0.25) is 4.79 Å². The summed E-state index contributed by atoms with van der Waals surface area (Å²) in [6, 6.07) is 1.91. The van der Waals surface area contributed by atoms with Gasteiger partial charge in [0.15, 0.2) is 5.78 Å². The van der Waals surface area contributed by atoms with Gasteiger partial charge in [-0.25, -0.2) is 0 Å². The van der Waals surface area contributed by atoms with Crippen LogP contribution in [-0.2, 0) is 6.42 Å². The van der Waals surface area contributed by atoms with E-state index in [9.17, 15) is 4.79 Å². The number of aromatic nitrogens is 2. The number of rotatable bonds is 2. The lowest BCUT2D eigenvalue weighted by Gasteiger charge is -2.02. The summed E-state index contributed by atoms with van der Waals surface area (Å²) in [6.07, 6.45) is 0.825. The molecule has 0 radical (unpaired) electrons. The largest absolute Gasteiger partial charge is 0.293 e. The molecule has 0 aliphatic carbocycles. The Bertz CT molecular complexity index is 307. The van der Waals surface area contributed by atoms with E-state index in [1.165, 1.54) is 6.92 Å². The van der Waals surface area contributed by atoms with Crippen molar-refractivity contribution < 1.29 is 4.79 Å². The Labute approximate surface area is 71.8 Å². The monoisotopic (exact) mass is 164 g/mol. The summed E-state index contributed by atoms with van der Waals surface area (Å²) in [5, 5.41) is 7.69. The van der Waals surface area contributed by atoms with Crippen LogP contribution in [0.2, 0.25) is 0 Å². The summed E-state index contributed by atoms with van der Waals surface area (Å²) in [7, 11) is 0. The van der Waals surface area contributed by atoms with Crippen molar-refractivity contribution in [2.75, 3.05) is 0 Å². The third kappa shape index (κ3) is 1.67. The summed E-state index contributed by atoms with van der Waals surface area (Å²) in [4.78, 5) is 11.0. The highest BCUT2D eigenvalue weighted by molar-refractivity contribution is 5.93. The van der Waals surface area contributed by atoms with Gasteiger partial charge in [0.2, 0.25) is 0 Å². The second-order valence-electron chi connectivity index (χ2n) is 2.77. The Morgan fingerprint density at radius 2 is 2.17 bits per heavy atom. The molecular weight excluding hydrogens is 152 g/mol. The molecule has 0 aliphatic rings. The summed E-state index contributed by atoms with van der Waals surface area (Å²) in [5.41, 5.74) is 2.34. The number of nitrogens with zero attached hydrogens (tertiary/aromatic N) is 2. The van der Waals surface area contributed by atoms with Crippen LogP contribution in [-0.4, -0.2) is 16.0 Å². The Hall–Kier alpha value is -1.25. The first-order chi connectivity index (χ1) is 5.65. The van der Waals surface area contributed by atoms with E-state index in [1.807, 2.05) is 19.9 Å². The third-order valence-corrected chi connectivity index (χ3v) is 1.71. The van der Waals surface area contributed by atoms with Crippen LogP contribution in [0.1, 0.15) is 35.6 Å². The van der Waals surface area contributed by atoms with Crippen molar-refractivity contribution in [2.45, 2.75) is 27.2 Å². The number of aryl methyl sites for hydroxylation is 2. The Morgan fingerprint density at radius 1 is 1.50 bits per heavy atom.